The molecule has 1 saturated heterocycles. The molecule has 0 aromatic rings. The van der Waals surface area contributed by atoms with Gasteiger partial charge in [0.05, 0.1) is 12.5 Å². The number of ether oxygens (including phenoxy) is 1. The minimum Gasteiger partial charge on any atom is -0.465 e. The van der Waals surface area contributed by atoms with Crippen LogP contribution in [-0.4, -0.2) is 61.0 Å². The molecule has 0 aromatic heterocycles. The van der Waals surface area contributed by atoms with Crippen molar-refractivity contribution in [2.24, 2.45) is 11.8 Å². The van der Waals surface area contributed by atoms with Gasteiger partial charge in [-0.2, -0.15) is 0 Å². The van der Waals surface area contributed by atoms with Gasteiger partial charge in [0.15, 0.2) is 0 Å². The first-order valence-electron chi connectivity index (χ1n) is 12.2. The molecule has 172 valence electrons. The molecule has 1 fully saturated rings. The molecule has 0 spiro atoms. The number of hydrogen-bond donors (Lipinski definition) is 2. The standard InChI is InChI=1S/C24H47NO4/c1-25-17-15-23(16-18-25)24(28)29-21-10-8-13-22(14-11-20-27)12-7-5-3-2-4-6-9-19-26/h22-23,26-27H,2-21H2,1H3. The molecule has 1 aliphatic rings. The lowest BCUT2D eigenvalue weighted by atomic mass is 9.91. The Morgan fingerprint density at radius 2 is 1.34 bits per heavy atom. The average molecular weight is 414 g/mol. The first-order valence-corrected chi connectivity index (χ1v) is 12.2. The van der Waals surface area contributed by atoms with E-state index >= 15 is 0 Å². The molecule has 1 heterocycles. The molecule has 5 heteroatoms. The van der Waals surface area contributed by atoms with Crippen LogP contribution in [0.4, 0.5) is 0 Å². The smallest absolute Gasteiger partial charge is 0.309 e. The molecule has 5 nitrogen and oxygen atoms in total. The van der Waals surface area contributed by atoms with Gasteiger partial charge in [-0.3, -0.25) is 4.79 Å². The van der Waals surface area contributed by atoms with Crippen molar-refractivity contribution < 1.29 is 19.7 Å². The number of hydrogen-bond acceptors (Lipinski definition) is 5. The van der Waals surface area contributed by atoms with Crippen LogP contribution >= 0.6 is 0 Å². The van der Waals surface area contributed by atoms with Crippen LogP contribution in [0.15, 0.2) is 0 Å². The van der Waals surface area contributed by atoms with E-state index in [1.807, 2.05) is 0 Å². The molecular weight excluding hydrogens is 366 g/mol. The number of rotatable bonds is 18. The van der Waals surface area contributed by atoms with Gasteiger partial charge in [-0.15, -0.1) is 0 Å². The van der Waals surface area contributed by atoms with Gasteiger partial charge in [-0.1, -0.05) is 51.4 Å². The Morgan fingerprint density at radius 1 is 0.828 bits per heavy atom. The summed E-state index contributed by atoms with van der Waals surface area (Å²) in [6, 6.07) is 0. The van der Waals surface area contributed by atoms with Crippen LogP contribution < -0.4 is 0 Å². The van der Waals surface area contributed by atoms with Crippen LogP contribution in [0.3, 0.4) is 0 Å². The normalized spacial score (nSPS) is 16.8. The van der Waals surface area contributed by atoms with E-state index < -0.39 is 0 Å². The highest BCUT2D eigenvalue weighted by Crippen LogP contribution is 2.23. The Labute approximate surface area is 179 Å². The minimum absolute atomic E-state index is 0.00826. The van der Waals surface area contributed by atoms with Crippen molar-refractivity contribution in [1.82, 2.24) is 4.90 Å². The van der Waals surface area contributed by atoms with Crippen molar-refractivity contribution in [2.75, 3.05) is 40.0 Å². The number of aliphatic hydroxyl groups excluding tert-OH is 2. The second kappa shape index (κ2) is 18.1. The molecule has 2 N–H and O–H groups in total. The van der Waals surface area contributed by atoms with Gasteiger partial charge in [0.1, 0.15) is 0 Å². The van der Waals surface area contributed by atoms with Crippen LogP contribution in [0, 0.1) is 11.8 Å². The number of unbranched alkanes of at least 4 members (excludes halogenated alkanes) is 7. The van der Waals surface area contributed by atoms with E-state index in [0.717, 1.165) is 64.5 Å². The maximum atomic E-state index is 12.1. The number of esters is 1. The fourth-order valence-corrected chi connectivity index (χ4v) is 4.31. The van der Waals surface area contributed by atoms with Crippen LogP contribution in [-0.2, 0) is 9.53 Å². The third-order valence-electron chi connectivity index (χ3n) is 6.34. The highest BCUT2D eigenvalue weighted by molar-refractivity contribution is 5.72. The van der Waals surface area contributed by atoms with Gasteiger partial charge >= 0.3 is 5.97 Å². The third-order valence-corrected chi connectivity index (χ3v) is 6.34. The van der Waals surface area contributed by atoms with Crippen LogP contribution in [0.2, 0.25) is 0 Å². The van der Waals surface area contributed by atoms with Gasteiger partial charge in [0.25, 0.3) is 0 Å². The van der Waals surface area contributed by atoms with E-state index in [1.165, 1.54) is 44.9 Å². The van der Waals surface area contributed by atoms with E-state index in [9.17, 15) is 4.79 Å². The van der Waals surface area contributed by atoms with Gasteiger partial charge in [0.2, 0.25) is 0 Å². The van der Waals surface area contributed by atoms with Crippen molar-refractivity contribution in [3.05, 3.63) is 0 Å². The summed E-state index contributed by atoms with van der Waals surface area (Å²) in [5.74, 6) is 0.808. The zero-order valence-electron chi connectivity index (χ0n) is 19.0. The lowest BCUT2D eigenvalue weighted by molar-refractivity contribution is -0.150. The largest absolute Gasteiger partial charge is 0.465 e. The molecule has 1 unspecified atom stereocenters. The summed E-state index contributed by atoms with van der Waals surface area (Å²) >= 11 is 0. The first-order chi connectivity index (χ1) is 14.2. The average Bonchev–Trinajstić information content (AvgIpc) is 2.73. The zero-order chi connectivity index (χ0) is 21.2. The quantitative estimate of drug-likeness (QED) is 0.255. The molecular formula is C24H47NO4. The van der Waals surface area contributed by atoms with Crippen LogP contribution in [0.5, 0.6) is 0 Å². The summed E-state index contributed by atoms with van der Waals surface area (Å²) < 4.78 is 5.52. The highest BCUT2D eigenvalue weighted by Gasteiger charge is 2.24. The molecule has 29 heavy (non-hydrogen) atoms. The summed E-state index contributed by atoms with van der Waals surface area (Å²) in [5.41, 5.74) is 0. The first kappa shape index (κ1) is 26.4. The second-order valence-corrected chi connectivity index (χ2v) is 8.96. The molecule has 0 aromatic carbocycles. The van der Waals surface area contributed by atoms with Crippen LogP contribution in [0.1, 0.15) is 96.3 Å². The Bertz CT molecular complexity index is 383. The van der Waals surface area contributed by atoms with Gasteiger partial charge in [-0.05, 0) is 71.0 Å². The monoisotopic (exact) mass is 413 g/mol. The fourth-order valence-electron chi connectivity index (χ4n) is 4.31. The SMILES string of the molecule is CN1CCC(C(=O)OCCCCC(CCCO)CCCCCCCCCO)CC1. The molecule has 0 bridgehead atoms. The van der Waals surface area contributed by atoms with Gasteiger partial charge < -0.3 is 19.8 Å². The Morgan fingerprint density at radius 3 is 1.97 bits per heavy atom. The number of carbonyl (C=O) groups excluding carboxylic acids is 1. The minimum atomic E-state index is 0.00826. The number of piperidine rings is 1. The summed E-state index contributed by atoms with van der Waals surface area (Å²) in [7, 11) is 2.11. The van der Waals surface area contributed by atoms with Crippen molar-refractivity contribution in [1.29, 1.82) is 0 Å². The van der Waals surface area contributed by atoms with Crippen molar-refractivity contribution in [3.8, 4) is 0 Å². The van der Waals surface area contributed by atoms with Crippen molar-refractivity contribution >= 4 is 5.97 Å². The lowest BCUT2D eigenvalue weighted by Gasteiger charge is -2.27. The molecule has 1 aliphatic heterocycles. The Kier molecular flexibility index (Phi) is 16.5. The second-order valence-electron chi connectivity index (χ2n) is 8.96. The third kappa shape index (κ3) is 14.1. The predicted octanol–water partition coefficient (Wildman–Crippen LogP) is 4.54. The van der Waals surface area contributed by atoms with E-state index in [-0.39, 0.29) is 18.5 Å². The Hall–Kier alpha value is -0.650. The maximum absolute atomic E-state index is 12.1. The Balaban J connectivity index is 2.06. The van der Waals surface area contributed by atoms with E-state index in [2.05, 4.69) is 11.9 Å². The highest BCUT2D eigenvalue weighted by atomic mass is 16.5. The molecule has 1 rings (SSSR count). The van der Waals surface area contributed by atoms with Crippen LogP contribution in [0.25, 0.3) is 0 Å². The molecule has 1 atom stereocenters. The molecule has 0 amide bonds. The molecule has 0 radical (unpaired) electrons. The summed E-state index contributed by atoms with van der Waals surface area (Å²) in [6.45, 7) is 3.16. The van der Waals surface area contributed by atoms with E-state index in [4.69, 9.17) is 14.9 Å². The number of nitrogens with zero attached hydrogens (tertiary/aromatic N) is 1. The summed E-state index contributed by atoms with van der Waals surface area (Å²) in [5, 5.41) is 18.0. The lowest BCUT2D eigenvalue weighted by Crippen LogP contribution is -2.34. The maximum Gasteiger partial charge on any atom is 0.309 e. The van der Waals surface area contributed by atoms with E-state index in [1.54, 1.807) is 0 Å². The van der Waals surface area contributed by atoms with Gasteiger partial charge in [-0.25, -0.2) is 0 Å². The predicted molar refractivity (Wildman–Crippen MR) is 119 cm³/mol. The topological polar surface area (TPSA) is 70.0 Å². The number of likely N-dealkylation sites (tertiary alicyclic amines) is 1. The fraction of sp³-hybridized carbons (Fsp3) is 0.958. The molecule has 0 aliphatic carbocycles. The number of aliphatic hydroxyl groups is 2. The van der Waals surface area contributed by atoms with Gasteiger partial charge in [0, 0.05) is 13.2 Å². The molecule has 0 saturated carbocycles. The number of carbonyl (C=O) groups is 1. The van der Waals surface area contributed by atoms with Crippen molar-refractivity contribution in [2.45, 2.75) is 96.3 Å². The zero-order valence-corrected chi connectivity index (χ0v) is 19.0. The van der Waals surface area contributed by atoms with E-state index in [0.29, 0.717) is 19.1 Å². The summed E-state index contributed by atoms with van der Waals surface area (Å²) in [4.78, 5) is 14.4. The summed E-state index contributed by atoms with van der Waals surface area (Å²) in [6.07, 6.45) is 16.9. The van der Waals surface area contributed by atoms with Crippen molar-refractivity contribution in [3.63, 3.8) is 0 Å².